The van der Waals surface area contributed by atoms with Gasteiger partial charge >= 0.3 is 0 Å². The highest BCUT2D eigenvalue weighted by molar-refractivity contribution is 14.0. The number of piperidine rings is 1. The third kappa shape index (κ3) is 7.11. The molecule has 1 aromatic rings. The number of hydrogen-bond acceptors (Lipinski definition) is 4. The van der Waals surface area contributed by atoms with Gasteiger partial charge in [0.25, 0.3) is 0 Å². The van der Waals surface area contributed by atoms with Crippen molar-refractivity contribution in [2.45, 2.75) is 25.2 Å². The quantitative estimate of drug-likeness (QED) is 0.295. The molecule has 7 nitrogen and oxygen atoms in total. The van der Waals surface area contributed by atoms with Crippen LogP contribution < -0.4 is 16.0 Å². The van der Waals surface area contributed by atoms with Gasteiger partial charge in [-0.1, -0.05) is 18.2 Å². The number of halogens is 1. The molecule has 162 valence electrons. The van der Waals surface area contributed by atoms with Gasteiger partial charge in [0, 0.05) is 51.8 Å². The minimum atomic E-state index is 0. The van der Waals surface area contributed by atoms with Crippen LogP contribution in [0.25, 0.3) is 0 Å². The minimum absolute atomic E-state index is 0. The van der Waals surface area contributed by atoms with Gasteiger partial charge < -0.3 is 25.6 Å². The van der Waals surface area contributed by atoms with Gasteiger partial charge in [-0.3, -0.25) is 9.79 Å². The van der Waals surface area contributed by atoms with E-state index in [1.54, 1.807) is 14.2 Å². The molecule has 1 aromatic carbocycles. The molecule has 1 saturated heterocycles. The largest absolute Gasteiger partial charge is 0.383 e. The number of aliphatic imine (C=N–C) groups is 1. The van der Waals surface area contributed by atoms with E-state index in [1.807, 2.05) is 18.2 Å². The molecule has 2 aliphatic heterocycles. The van der Waals surface area contributed by atoms with Gasteiger partial charge in [-0.15, -0.1) is 24.0 Å². The maximum atomic E-state index is 12.0. The average Bonchev–Trinajstić information content (AvgIpc) is 2.73. The lowest BCUT2D eigenvalue weighted by molar-refractivity contribution is -0.116. The van der Waals surface area contributed by atoms with Crippen molar-refractivity contribution in [2.24, 2.45) is 10.9 Å². The van der Waals surface area contributed by atoms with Gasteiger partial charge in [0.15, 0.2) is 5.96 Å². The molecule has 0 radical (unpaired) electrons. The summed E-state index contributed by atoms with van der Waals surface area (Å²) < 4.78 is 5.17. The molecule has 0 spiro atoms. The molecule has 2 heterocycles. The summed E-state index contributed by atoms with van der Waals surface area (Å²) in [5.41, 5.74) is 2.11. The molecule has 1 unspecified atom stereocenters. The topological polar surface area (TPSA) is 78.0 Å². The Labute approximate surface area is 191 Å². The molecular weight excluding hydrogens is 481 g/mol. The summed E-state index contributed by atoms with van der Waals surface area (Å²) in [4.78, 5) is 18.8. The second kappa shape index (κ2) is 12.3. The van der Waals surface area contributed by atoms with E-state index in [4.69, 9.17) is 4.74 Å². The van der Waals surface area contributed by atoms with Crippen LogP contribution in [-0.4, -0.2) is 70.3 Å². The predicted octanol–water partition coefficient (Wildman–Crippen LogP) is 2.25. The molecule has 0 saturated carbocycles. The Bertz CT molecular complexity index is 677. The van der Waals surface area contributed by atoms with Crippen molar-refractivity contribution >= 4 is 41.5 Å². The molecule has 3 rings (SSSR count). The van der Waals surface area contributed by atoms with E-state index < -0.39 is 0 Å². The third-order valence-electron chi connectivity index (χ3n) is 5.72. The number of anilines is 1. The zero-order valence-corrected chi connectivity index (χ0v) is 19.8. The van der Waals surface area contributed by atoms with E-state index in [2.05, 4.69) is 31.9 Å². The first-order valence-electron chi connectivity index (χ1n) is 10.2. The van der Waals surface area contributed by atoms with Crippen molar-refractivity contribution in [3.05, 3.63) is 29.8 Å². The molecule has 0 aliphatic carbocycles. The number of fused-ring (bicyclic) bond motifs is 1. The van der Waals surface area contributed by atoms with E-state index in [-0.39, 0.29) is 35.8 Å². The third-order valence-corrected chi connectivity index (χ3v) is 5.72. The Morgan fingerprint density at radius 2 is 1.97 bits per heavy atom. The van der Waals surface area contributed by atoms with Crippen LogP contribution in [0.3, 0.4) is 0 Å². The number of nitrogens with one attached hydrogen (secondary N) is 3. The zero-order chi connectivity index (χ0) is 19.8. The molecular formula is C21H34IN5O2. The highest BCUT2D eigenvalue weighted by Gasteiger charge is 2.25. The molecule has 1 atom stereocenters. The number of likely N-dealkylation sites (tertiary alicyclic amines) is 1. The minimum Gasteiger partial charge on any atom is -0.383 e. The number of ether oxygens (including phenoxy) is 1. The summed E-state index contributed by atoms with van der Waals surface area (Å²) in [6, 6.07) is 8.03. The number of hydrogen-bond donors (Lipinski definition) is 3. The maximum absolute atomic E-state index is 12.0. The molecule has 1 amide bonds. The highest BCUT2D eigenvalue weighted by atomic mass is 127. The number of rotatable bonds is 7. The molecule has 8 heteroatoms. The second-order valence-corrected chi connectivity index (χ2v) is 7.65. The van der Waals surface area contributed by atoms with Crippen molar-refractivity contribution in [1.29, 1.82) is 0 Å². The lowest BCUT2D eigenvalue weighted by Gasteiger charge is -2.32. The van der Waals surface area contributed by atoms with E-state index in [1.165, 1.54) is 18.4 Å². The Balaban J connectivity index is 0.00000300. The van der Waals surface area contributed by atoms with E-state index in [0.29, 0.717) is 18.9 Å². The summed E-state index contributed by atoms with van der Waals surface area (Å²) in [7, 11) is 3.55. The number of nitrogens with zero attached hydrogens (tertiary/aromatic N) is 2. The van der Waals surface area contributed by atoms with E-state index >= 15 is 0 Å². The number of para-hydroxylation sites is 1. The van der Waals surface area contributed by atoms with Crippen LogP contribution in [0.15, 0.2) is 29.3 Å². The summed E-state index contributed by atoms with van der Waals surface area (Å²) in [5, 5.41) is 9.83. The second-order valence-electron chi connectivity index (χ2n) is 7.65. The van der Waals surface area contributed by atoms with Crippen LogP contribution in [0.2, 0.25) is 0 Å². The first kappa shape index (κ1) is 23.9. The van der Waals surface area contributed by atoms with Gasteiger partial charge in [-0.2, -0.15) is 0 Å². The molecule has 0 bridgehead atoms. The van der Waals surface area contributed by atoms with Gasteiger partial charge in [0.05, 0.1) is 6.61 Å². The Morgan fingerprint density at radius 1 is 1.24 bits per heavy atom. The van der Waals surface area contributed by atoms with Gasteiger partial charge in [0.1, 0.15) is 0 Å². The lowest BCUT2D eigenvalue weighted by atomic mass is 9.90. The molecule has 0 aromatic heterocycles. The number of methoxy groups -OCH3 is 1. The fourth-order valence-corrected chi connectivity index (χ4v) is 4.00. The Hall–Kier alpha value is -1.39. The fourth-order valence-electron chi connectivity index (χ4n) is 4.00. The highest BCUT2D eigenvalue weighted by Crippen LogP contribution is 2.31. The molecule has 1 fully saturated rings. The van der Waals surface area contributed by atoms with Crippen molar-refractivity contribution < 1.29 is 9.53 Å². The Kier molecular flexibility index (Phi) is 10.2. The Morgan fingerprint density at radius 3 is 2.69 bits per heavy atom. The molecule has 3 N–H and O–H groups in total. The lowest BCUT2D eigenvalue weighted by Crippen LogP contribution is -2.44. The van der Waals surface area contributed by atoms with Crippen molar-refractivity contribution in [3.8, 4) is 0 Å². The average molecular weight is 515 g/mol. The summed E-state index contributed by atoms with van der Waals surface area (Å²) in [6.45, 7) is 5.72. The normalized spacial score (nSPS) is 20.4. The predicted molar refractivity (Wildman–Crippen MR) is 128 cm³/mol. The summed E-state index contributed by atoms with van der Waals surface area (Å²) in [5.74, 6) is 1.71. The van der Waals surface area contributed by atoms with Crippen molar-refractivity contribution in [2.75, 3.05) is 58.8 Å². The van der Waals surface area contributed by atoms with E-state index in [9.17, 15) is 4.79 Å². The van der Waals surface area contributed by atoms with Crippen LogP contribution in [0.5, 0.6) is 0 Å². The van der Waals surface area contributed by atoms with Crippen LogP contribution in [0.4, 0.5) is 5.69 Å². The SMILES string of the molecule is CN=C(NCC1CCN(CCOC)CC1)NCC1CC(=O)Nc2ccccc21.I. The van der Waals surface area contributed by atoms with Crippen LogP contribution in [-0.2, 0) is 9.53 Å². The first-order chi connectivity index (χ1) is 13.7. The number of amides is 1. The zero-order valence-electron chi connectivity index (χ0n) is 17.4. The number of carbonyl (C=O) groups is 1. The van der Waals surface area contributed by atoms with Crippen molar-refractivity contribution in [3.63, 3.8) is 0 Å². The number of guanidine groups is 1. The van der Waals surface area contributed by atoms with Crippen molar-refractivity contribution in [1.82, 2.24) is 15.5 Å². The van der Waals surface area contributed by atoms with Crippen LogP contribution in [0, 0.1) is 5.92 Å². The first-order valence-corrected chi connectivity index (χ1v) is 10.2. The number of carbonyl (C=O) groups excluding carboxylic acids is 1. The maximum Gasteiger partial charge on any atom is 0.225 e. The summed E-state index contributed by atoms with van der Waals surface area (Å²) >= 11 is 0. The van der Waals surface area contributed by atoms with Gasteiger partial charge in [0.2, 0.25) is 5.91 Å². The molecule has 2 aliphatic rings. The van der Waals surface area contributed by atoms with Gasteiger partial charge in [-0.05, 0) is 43.5 Å². The fraction of sp³-hybridized carbons (Fsp3) is 0.619. The van der Waals surface area contributed by atoms with E-state index in [0.717, 1.165) is 44.4 Å². The summed E-state index contributed by atoms with van der Waals surface area (Å²) in [6.07, 6.45) is 2.90. The standard InChI is InChI=1S/C21H33N5O2.HI/c1-22-21(23-14-16-7-9-26(10-8-16)11-12-28-2)24-15-17-13-20(27)25-19-6-4-3-5-18(17)19;/h3-6,16-17H,7-15H2,1-2H3,(H,25,27)(H2,22,23,24);1H. The number of benzene rings is 1. The smallest absolute Gasteiger partial charge is 0.225 e. The molecule has 29 heavy (non-hydrogen) atoms. The van der Waals surface area contributed by atoms with Gasteiger partial charge in [-0.25, -0.2) is 0 Å². The van der Waals surface area contributed by atoms with Crippen LogP contribution in [0.1, 0.15) is 30.7 Å². The van der Waals surface area contributed by atoms with Crippen LogP contribution >= 0.6 is 24.0 Å². The monoisotopic (exact) mass is 515 g/mol.